The highest BCUT2D eigenvalue weighted by molar-refractivity contribution is 7.14. The number of aryl methyl sites for hydroxylation is 1. The third-order valence-electron chi connectivity index (χ3n) is 6.20. The Hall–Kier alpha value is -3.49. The molecule has 0 saturated carbocycles. The summed E-state index contributed by atoms with van der Waals surface area (Å²) in [4.78, 5) is 1.35. The first-order valence-electron chi connectivity index (χ1n) is 10.9. The van der Waals surface area contributed by atoms with Crippen molar-refractivity contribution in [3.05, 3.63) is 114 Å². The van der Waals surface area contributed by atoms with Crippen LogP contribution in [-0.2, 0) is 7.05 Å². The van der Waals surface area contributed by atoms with Crippen molar-refractivity contribution in [3.8, 4) is 44.0 Å². The summed E-state index contributed by atoms with van der Waals surface area (Å²) < 4.78 is 2.34. The molecule has 0 bridgehead atoms. The number of nitrogens with zero attached hydrogens (tertiary/aromatic N) is 1. The molecule has 32 heavy (non-hydrogen) atoms. The molecule has 0 amide bonds. The van der Waals surface area contributed by atoms with Gasteiger partial charge in [0.05, 0.1) is 10.4 Å². The summed E-state index contributed by atoms with van der Waals surface area (Å²) in [5.74, 6) is 0. The summed E-state index contributed by atoms with van der Waals surface area (Å²) >= 11 is 1.88. The molecule has 1 nitrogen and oxygen atoms in total. The summed E-state index contributed by atoms with van der Waals surface area (Å²) in [5, 5.41) is 1.29. The molecule has 0 unspecified atom stereocenters. The maximum Gasteiger partial charge on any atom is 0.270 e. The third kappa shape index (κ3) is 3.68. The molecule has 0 fully saturated rings. The largest absolute Gasteiger partial charge is 0.270 e. The molecule has 0 radical (unpaired) electrons. The molecule has 0 atom stereocenters. The van der Waals surface area contributed by atoms with Crippen molar-refractivity contribution in [3.63, 3.8) is 0 Å². The quantitative estimate of drug-likeness (QED) is 0.255. The maximum atomic E-state index is 2.36. The van der Waals surface area contributed by atoms with E-state index < -0.39 is 0 Å². The van der Waals surface area contributed by atoms with Gasteiger partial charge >= 0.3 is 0 Å². The second-order valence-electron chi connectivity index (χ2n) is 8.15. The highest BCUT2D eigenvalue weighted by atomic mass is 32.1. The summed E-state index contributed by atoms with van der Waals surface area (Å²) in [6.07, 6.45) is 0. The van der Waals surface area contributed by atoms with Crippen LogP contribution in [0, 0.1) is 13.8 Å². The minimum atomic E-state index is 1.23. The van der Waals surface area contributed by atoms with Crippen molar-refractivity contribution in [2.24, 2.45) is 7.05 Å². The summed E-state index contributed by atoms with van der Waals surface area (Å²) in [5.41, 5.74) is 10.1. The van der Waals surface area contributed by atoms with Crippen LogP contribution in [0.5, 0.6) is 0 Å². The SMILES string of the molecule is Cc1sc(-c2c(-c3ccccc3)cc(-c3ccccc3)cc2-c2ccccc2)[n+](C)c1C. The van der Waals surface area contributed by atoms with Crippen molar-refractivity contribution in [2.75, 3.05) is 0 Å². The van der Waals surface area contributed by atoms with E-state index in [1.165, 1.54) is 54.5 Å². The van der Waals surface area contributed by atoms with Gasteiger partial charge < -0.3 is 0 Å². The molecule has 2 heteroatoms. The number of hydrogen-bond acceptors (Lipinski definition) is 1. The van der Waals surface area contributed by atoms with E-state index in [0.717, 1.165) is 0 Å². The number of benzene rings is 4. The molecule has 0 spiro atoms. The molecular weight excluding hydrogens is 406 g/mol. The van der Waals surface area contributed by atoms with Crippen LogP contribution in [0.2, 0.25) is 0 Å². The molecular formula is C30H26NS+. The Kier molecular flexibility index (Phi) is 5.46. The lowest BCUT2D eigenvalue weighted by Crippen LogP contribution is -2.31. The molecule has 0 saturated heterocycles. The Morgan fingerprint density at radius 2 is 1.00 bits per heavy atom. The van der Waals surface area contributed by atoms with Gasteiger partial charge in [-0.2, -0.15) is 4.57 Å². The standard InChI is InChI=1S/C30H26NS/c1-21-22(2)32-30(31(21)3)29-27(24-15-9-5-10-16-24)19-26(23-13-7-4-8-14-23)20-28(29)25-17-11-6-12-18-25/h4-20H,1-3H3/q+1. The monoisotopic (exact) mass is 432 g/mol. The second kappa shape index (κ2) is 8.57. The Morgan fingerprint density at radius 3 is 1.41 bits per heavy atom. The average molecular weight is 433 g/mol. The Labute approximate surface area is 194 Å². The number of rotatable bonds is 4. The fourth-order valence-corrected chi connectivity index (χ4v) is 5.43. The normalized spacial score (nSPS) is 11.0. The zero-order valence-electron chi connectivity index (χ0n) is 18.7. The maximum absolute atomic E-state index is 2.36. The minimum absolute atomic E-state index is 1.23. The summed E-state index contributed by atoms with van der Waals surface area (Å²) in [6.45, 7) is 4.42. The van der Waals surface area contributed by atoms with Gasteiger partial charge in [0.15, 0.2) is 5.69 Å². The van der Waals surface area contributed by atoms with Crippen LogP contribution in [-0.4, -0.2) is 0 Å². The average Bonchev–Trinajstić information content (AvgIpc) is 3.12. The van der Waals surface area contributed by atoms with Crippen molar-refractivity contribution < 1.29 is 4.57 Å². The van der Waals surface area contributed by atoms with Gasteiger partial charge in [-0.05, 0) is 52.4 Å². The fraction of sp³-hybridized carbons (Fsp3) is 0.100. The van der Waals surface area contributed by atoms with Crippen molar-refractivity contribution in [2.45, 2.75) is 13.8 Å². The molecule has 1 aromatic heterocycles. The van der Waals surface area contributed by atoms with E-state index >= 15 is 0 Å². The molecule has 5 aromatic rings. The Bertz CT molecular complexity index is 1310. The fourth-order valence-electron chi connectivity index (χ4n) is 4.26. The van der Waals surface area contributed by atoms with Gasteiger partial charge in [-0.3, -0.25) is 0 Å². The van der Waals surface area contributed by atoms with Gasteiger partial charge in [-0.1, -0.05) is 102 Å². The molecule has 0 aliphatic heterocycles. The van der Waals surface area contributed by atoms with E-state index in [2.05, 4.69) is 129 Å². The lowest BCUT2D eigenvalue weighted by molar-refractivity contribution is -0.662. The van der Waals surface area contributed by atoms with Crippen molar-refractivity contribution in [1.82, 2.24) is 0 Å². The molecule has 5 rings (SSSR count). The number of thiazole rings is 1. The van der Waals surface area contributed by atoms with Crippen molar-refractivity contribution in [1.29, 1.82) is 0 Å². The number of aromatic nitrogens is 1. The second-order valence-corrected chi connectivity index (χ2v) is 9.36. The Balaban J connectivity index is 1.91. The first-order valence-corrected chi connectivity index (χ1v) is 11.8. The van der Waals surface area contributed by atoms with Crippen LogP contribution in [0.4, 0.5) is 0 Å². The first-order chi connectivity index (χ1) is 15.6. The molecule has 1 heterocycles. The predicted molar refractivity (Wildman–Crippen MR) is 137 cm³/mol. The molecule has 0 aliphatic rings. The van der Waals surface area contributed by atoms with Crippen molar-refractivity contribution >= 4 is 11.3 Å². The molecule has 0 N–H and O–H groups in total. The van der Waals surface area contributed by atoms with Crippen LogP contribution in [0.1, 0.15) is 10.6 Å². The third-order valence-corrected chi connectivity index (χ3v) is 7.47. The lowest BCUT2D eigenvalue weighted by Gasteiger charge is -2.16. The van der Waals surface area contributed by atoms with E-state index in [4.69, 9.17) is 0 Å². The zero-order valence-corrected chi connectivity index (χ0v) is 19.5. The number of hydrogen-bond donors (Lipinski definition) is 0. The van der Waals surface area contributed by atoms with E-state index in [-0.39, 0.29) is 0 Å². The lowest BCUT2D eigenvalue weighted by atomic mass is 9.88. The van der Waals surface area contributed by atoms with Crippen LogP contribution in [0.3, 0.4) is 0 Å². The zero-order chi connectivity index (χ0) is 22.1. The van der Waals surface area contributed by atoms with Crippen LogP contribution >= 0.6 is 11.3 Å². The van der Waals surface area contributed by atoms with Gasteiger partial charge in [0.1, 0.15) is 7.05 Å². The summed E-state index contributed by atoms with van der Waals surface area (Å²) in [7, 11) is 2.18. The van der Waals surface area contributed by atoms with Gasteiger partial charge in [0.2, 0.25) is 0 Å². The van der Waals surface area contributed by atoms with Gasteiger partial charge in [-0.25, -0.2) is 0 Å². The molecule has 4 aromatic carbocycles. The predicted octanol–water partition coefficient (Wildman–Crippen LogP) is 7.86. The van der Waals surface area contributed by atoms with Gasteiger partial charge in [0, 0.05) is 6.92 Å². The van der Waals surface area contributed by atoms with E-state index in [9.17, 15) is 0 Å². The first kappa shape index (κ1) is 20.4. The van der Waals surface area contributed by atoms with E-state index in [1.807, 2.05) is 11.3 Å². The minimum Gasteiger partial charge on any atom is -0.189 e. The van der Waals surface area contributed by atoms with E-state index in [0.29, 0.717) is 0 Å². The van der Waals surface area contributed by atoms with Crippen LogP contribution in [0.15, 0.2) is 103 Å². The van der Waals surface area contributed by atoms with Gasteiger partial charge in [0.25, 0.3) is 5.01 Å². The van der Waals surface area contributed by atoms with Gasteiger partial charge in [-0.15, -0.1) is 0 Å². The summed E-state index contributed by atoms with van der Waals surface area (Å²) in [6, 6.07) is 36.9. The Morgan fingerprint density at radius 1 is 0.562 bits per heavy atom. The highest BCUT2D eigenvalue weighted by Gasteiger charge is 2.26. The molecule has 0 aliphatic carbocycles. The van der Waals surface area contributed by atoms with Crippen LogP contribution < -0.4 is 4.57 Å². The topological polar surface area (TPSA) is 3.88 Å². The highest BCUT2D eigenvalue weighted by Crippen LogP contribution is 2.44. The molecule has 156 valence electrons. The van der Waals surface area contributed by atoms with E-state index in [1.54, 1.807) is 0 Å². The van der Waals surface area contributed by atoms with Crippen LogP contribution in [0.25, 0.3) is 44.0 Å². The smallest absolute Gasteiger partial charge is 0.189 e.